The Labute approximate surface area is 308 Å². The molecule has 8 aromatic rings. The third-order valence-corrected chi connectivity index (χ3v) is 11.0. The Kier molecular flexibility index (Phi) is 8.46. The normalized spacial score (nSPS) is 11.8. The molecule has 52 heavy (non-hydrogen) atoms. The van der Waals surface area contributed by atoms with Crippen molar-refractivity contribution < 1.29 is 0 Å². The highest BCUT2D eigenvalue weighted by atomic mass is 15.1. The average molecular weight is 678 g/mol. The molecule has 2 heterocycles. The molecule has 0 radical (unpaired) electrons. The Balaban J connectivity index is 1.35. The van der Waals surface area contributed by atoms with E-state index in [2.05, 4.69) is 192 Å². The van der Waals surface area contributed by atoms with E-state index in [0.717, 1.165) is 28.3 Å². The molecule has 0 saturated carbocycles. The summed E-state index contributed by atoms with van der Waals surface area (Å²) >= 11 is 0. The lowest BCUT2D eigenvalue weighted by molar-refractivity contribution is 0.808. The van der Waals surface area contributed by atoms with Gasteiger partial charge in [0.2, 0.25) is 0 Å². The summed E-state index contributed by atoms with van der Waals surface area (Å²) in [7, 11) is 0. The van der Waals surface area contributed by atoms with E-state index < -0.39 is 0 Å². The zero-order valence-corrected chi connectivity index (χ0v) is 31.6. The lowest BCUT2D eigenvalue weighted by Crippen LogP contribution is -2.10. The van der Waals surface area contributed by atoms with Crippen LogP contribution >= 0.6 is 0 Å². The summed E-state index contributed by atoms with van der Waals surface area (Å²) in [5.41, 5.74) is 18.6. The van der Waals surface area contributed by atoms with Gasteiger partial charge in [0.1, 0.15) is 5.82 Å². The van der Waals surface area contributed by atoms with E-state index >= 15 is 0 Å². The summed E-state index contributed by atoms with van der Waals surface area (Å²) in [5, 5.41) is 2.60. The van der Waals surface area contributed by atoms with Crippen LogP contribution in [0.15, 0.2) is 128 Å². The van der Waals surface area contributed by atoms with Crippen molar-refractivity contribution >= 4 is 21.8 Å². The molecule has 0 unspecified atom stereocenters. The number of aromatic nitrogens is 3. The number of hydrogen-bond acceptors (Lipinski definition) is 1. The van der Waals surface area contributed by atoms with E-state index in [1.165, 1.54) is 72.0 Å². The molecule has 3 heteroatoms. The maximum absolute atomic E-state index is 5.21. The first kappa shape index (κ1) is 33.5. The predicted molar refractivity (Wildman–Crippen MR) is 221 cm³/mol. The molecular weight excluding hydrogens is 631 g/mol. The second-order valence-electron chi connectivity index (χ2n) is 15.1. The fourth-order valence-electron chi connectivity index (χ4n) is 7.78. The van der Waals surface area contributed by atoms with Crippen molar-refractivity contribution in [2.45, 2.75) is 67.2 Å². The monoisotopic (exact) mass is 677 g/mol. The van der Waals surface area contributed by atoms with Gasteiger partial charge in [-0.1, -0.05) is 88.4 Å². The minimum Gasteiger partial charge on any atom is -0.309 e. The molecule has 0 bridgehead atoms. The summed E-state index contributed by atoms with van der Waals surface area (Å²) in [6, 6.07) is 44.7. The molecule has 0 saturated heterocycles. The fourth-order valence-corrected chi connectivity index (χ4v) is 7.78. The van der Waals surface area contributed by atoms with E-state index in [1.807, 2.05) is 0 Å². The van der Waals surface area contributed by atoms with E-state index in [9.17, 15) is 0 Å². The molecule has 0 amide bonds. The number of aryl methyl sites for hydroxylation is 4. The van der Waals surface area contributed by atoms with Crippen LogP contribution in [0, 0.1) is 27.7 Å². The lowest BCUT2D eigenvalue weighted by atomic mass is 9.88. The van der Waals surface area contributed by atoms with Crippen molar-refractivity contribution in [3.63, 3.8) is 0 Å². The van der Waals surface area contributed by atoms with Crippen LogP contribution in [0.25, 0.3) is 67.0 Å². The van der Waals surface area contributed by atoms with Gasteiger partial charge in [0.25, 0.3) is 0 Å². The highest BCUT2D eigenvalue weighted by Crippen LogP contribution is 2.41. The van der Waals surface area contributed by atoms with Crippen LogP contribution in [0.4, 0.5) is 0 Å². The molecule has 0 aliphatic heterocycles. The van der Waals surface area contributed by atoms with Crippen LogP contribution in [-0.2, 0) is 0 Å². The van der Waals surface area contributed by atoms with Gasteiger partial charge in [0.15, 0.2) is 0 Å². The Hall–Kier alpha value is -5.67. The van der Waals surface area contributed by atoms with Crippen LogP contribution in [0.3, 0.4) is 0 Å². The molecule has 0 aliphatic carbocycles. The van der Waals surface area contributed by atoms with E-state index in [1.54, 1.807) is 0 Å². The van der Waals surface area contributed by atoms with E-state index in [0.29, 0.717) is 11.8 Å². The second kappa shape index (κ2) is 13.1. The highest BCUT2D eigenvalue weighted by molar-refractivity contribution is 6.10. The van der Waals surface area contributed by atoms with Crippen molar-refractivity contribution in [1.29, 1.82) is 0 Å². The highest BCUT2D eigenvalue weighted by Gasteiger charge is 2.24. The molecule has 0 atom stereocenters. The standard InChI is InChI=1S/C49H47N3/c1-30(2)41-27-39(36-15-11-9-12-16-36)28-42(31(3)4)48(41)52-47(37-17-13-10-14-18-37)29-50-49(52)38-19-21-40(22-20-38)51-45-25-34(7)32(5)23-43(45)44-24-33(6)35(8)26-46(44)51/h9-31H,1-8H3. The summed E-state index contributed by atoms with van der Waals surface area (Å²) in [6.07, 6.45) is 2.06. The topological polar surface area (TPSA) is 22.8 Å². The SMILES string of the molecule is Cc1cc2c3cc(C)c(C)cc3n(-c3ccc(-c4ncc(-c5ccccc5)n4-c4c(C(C)C)cc(-c5ccccc5)cc4C(C)C)cc3)c2cc1C. The fraction of sp³-hybridized carbons (Fsp3) is 0.204. The van der Waals surface area contributed by atoms with Gasteiger partial charge in [-0.3, -0.25) is 4.57 Å². The molecule has 258 valence electrons. The molecule has 3 nitrogen and oxygen atoms in total. The summed E-state index contributed by atoms with van der Waals surface area (Å²) < 4.78 is 4.87. The predicted octanol–water partition coefficient (Wildman–Crippen LogP) is 13.5. The second-order valence-corrected chi connectivity index (χ2v) is 15.1. The van der Waals surface area contributed by atoms with Gasteiger partial charge in [-0.05, 0) is 145 Å². The van der Waals surface area contributed by atoms with Gasteiger partial charge in [-0.25, -0.2) is 4.98 Å². The molecule has 6 aromatic carbocycles. The van der Waals surface area contributed by atoms with Crippen molar-refractivity contribution in [2.24, 2.45) is 0 Å². The van der Waals surface area contributed by atoms with Crippen molar-refractivity contribution in [1.82, 2.24) is 14.1 Å². The molecule has 0 fully saturated rings. The maximum Gasteiger partial charge on any atom is 0.145 e. The smallest absolute Gasteiger partial charge is 0.145 e. The summed E-state index contributed by atoms with van der Waals surface area (Å²) in [6.45, 7) is 18.1. The Bertz CT molecular complexity index is 2490. The molecule has 0 N–H and O–H groups in total. The number of hydrogen-bond donors (Lipinski definition) is 0. The number of nitrogens with zero attached hydrogens (tertiary/aromatic N) is 3. The van der Waals surface area contributed by atoms with E-state index in [-0.39, 0.29) is 0 Å². The molecule has 0 spiro atoms. The zero-order valence-electron chi connectivity index (χ0n) is 31.6. The van der Waals surface area contributed by atoms with Crippen molar-refractivity contribution in [3.05, 3.63) is 161 Å². The van der Waals surface area contributed by atoms with Gasteiger partial charge in [0, 0.05) is 27.6 Å². The Morgan fingerprint density at radius 1 is 0.462 bits per heavy atom. The molecule has 0 aliphatic rings. The van der Waals surface area contributed by atoms with Gasteiger partial charge >= 0.3 is 0 Å². The average Bonchev–Trinajstić information content (AvgIpc) is 3.71. The van der Waals surface area contributed by atoms with Crippen LogP contribution in [0.5, 0.6) is 0 Å². The lowest BCUT2D eigenvalue weighted by Gasteiger charge is -2.25. The molecule has 8 rings (SSSR count). The van der Waals surface area contributed by atoms with Gasteiger partial charge in [-0.2, -0.15) is 0 Å². The number of rotatable bonds is 7. The first-order valence-electron chi connectivity index (χ1n) is 18.6. The number of fused-ring (bicyclic) bond motifs is 3. The van der Waals surface area contributed by atoms with Gasteiger partial charge < -0.3 is 4.57 Å². The minimum atomic E-state index is 0.298. The molecular formula is C49H47N3. The summed E-state index contributed by atoms with van der Waals surface area (Å²) in [4.78, 5) is 5.21. The Morgan fingerprint density at radius 3 is 1.44 bits per heavy atom. The van der Waals surface area contributed by atoms with Gasteiger partial charge in [-0.15, -0.1) is 0 Å². The Morgan fingerprint density at radius 2 is 0.942 bits per heavy atom. The first-order chi connectivity index (χ1) is 25.1. The maximum atomic E-state index is 5.21. The van der Waals surface area contributed by atoms with Crippen LogP contribution < -0.4 is 0 Å². The van der Waals surface area contributed by atoms with Crippen LogP contribution in [-0.4, -0.2) is 14.1 Å². The van der Waals surface area contributed by atoms with Crippen LogP contribution in [0.2, 0.25) is 0 Å². The zero-order chi connectivity index (χ0) is 36.3. The van der Waals surface area contributed by atoms with Crippen molar-refractivity contribution in [3.8, 4) is 45.1 Å². The quantitative estimate of drug-likeness (QED) is 0.165. The van der Waals surface area contributed by atoms with Gasteiger partial charge in [0.05, 0.1) is 28.6 Å². The third kappa shape index (κ3) is 5.65. The van der Waals surface area contributed by atoms with Crippen molar-refractivity contribution in [2.75, 3.05) is 0 Å². The molecule has 2 aromatic heterocycles. The number of imidazole rings is 1. The summed E-state index contributed by atoms with van der Waals surface area (Å²) in [5.74, 6) is 1.54. The third-order valence-electron chi connectivity index (χ3n) is 11.0. The van der Waals surface area contributed by atoms with E-state index in [4.69, 9.17) is 4.98 Å². The minimum absolute atomic E-state index is 0.298. The first-order valence-corrected chi connectivity index (χ1v) is 18.6. The number of benzene rings is 6. The van der Waals surface area contributed by atoms with Crippen LogP contribution in [0.1, 0.15) is 72.9 Å². The largest absolute Gasteiger partial charge is 0.309 e.